The van der Waals surface area contributed by atoms with Crippen molar-refractivity contribution in [1.29, 1.82) is 0 Å². The van der Waals surface area contributed by atoms with Gasteiger partial charge in [0.2, 0.25) is 0 Å². The summed E-state index contributed by atoms with van der Waals surface area (Å²) in [7, 11) is 0. The number of thiophene rings is 1. The van der Waals surface area contributed by atoms with Crippen LogP contribution < -0.4 is 10.3 Å². The Morgan fingerprint density at radius 1 is 1.38 bits per heavy atom. The smallest absolute Gasteiger partial charge is 0.339 e. The van der Waals surface area contributed by atoms with Crippen LogP contribution in [0.5, 0.6) is 5.75 Å². The van der Waals surface area contributed by atoms with Crippen LogP contribution in [-0.2, 0) is 4.74 Å². The van der Waals surface area contributed by atoms with Gasteiger partial charge in [0.25, 0.3) is 5.56 Å². The van der Waals surface area contributed by atoms with Crippen LogP contribution in [0.2, 0.25) is 0 Å². The number of carbonyl (C=O) groups excluding carboxylic acids is 1. The van der Waals surface area contributed by atoms with Crippen LogP contribution in [0.15, 0.2) is 23.0 Å². The van der Waals surface area contributed by atoms with E-state index in [9.17, 15) is 19.7 Å². The zero-order valence-electron chi connectivity index (χ0n) is 16.3. The summed E-state index contributed by atoms with van der Waals surface area (Å²) in [6.45, 7) is 7.29. The molecule has 0 saturated carbocycles. The van der Waals surface area contributed by atoms with Gasteiger partial charge in [0, 0.05) is 10.9 Å². The first-order valence-corrected chi connectivity index (χ1v) is 9.66. The quantitative estimate of drug-likeness (QED) is 0.367. The van der Waals surface area contributed by atoms with Crippen LogP contribution in [0.3, 0.4) is 0 Å². The average Bonchev–Trinajstić information content (AvgIpc) is 2.96. The number of hydrogen-bond donors (Lipinski definition) is 1. The standard InChI is InChI=1S/C19H19N3O6S/c1-5-27-14-7-6-12(8-13(14)22(25)26)19(24)28-10(3)16-20-17(23)15-9(2)11(4)29-18(15)21-16/h6-8,10H,5H2,1-4H3,(H,20,21,23)/t10-/m0/s1. The number of esters is 1. The lowest BCUT2D eigenvalue weighted by Gasteiger charge is -2.13. The molecule has 1 aromatic carbocycles. The highest BCUT2D eigenvalue weighted by Gasteiger charge is 2.22. The molecular formula is C19H19N3O6S. The van der Waals surface area contributed by atoms with Crippen molar-refractivity contribution in [3.63, 3.8) is 0 Å². The van der Waals surface area contributed by atoms with Gasteiger partial charge >= 0.3 is 11.7 Å². The molecule has 2 aromatic heterocycles. The van der Waals surface area contributed by atoms with Crippen LogP contribution >= 0.6 is 11.3 Å². The summed E-state index contributed by atoms with van der Waals surface area (Å²) in [5.41, 5.74) is 0.243. The Kier molecular flexibility index (Phi) is 5.64. The summed E-state index contributed by atoms with van der Waals surface area (Å²) in [4.78, 5) is 44.1. The van der Waals surface area contributed by atoms with Crippen LogP contribution in [0.1, 0.15) is 46.6 Å². The van der Waals surface area contributed by atoms with Crippen LogP contribution in [0.4, 0.5) is 5.69 Å². The van der Waals surface area contributed by atoms with E-state index in [-0.39, 0.29) is 35.0 Å². The molecule has 0 aliphatic carbocycles. The fourth-order valence-corrected chi connectivity index (χ4v) is 3.85. The zero-order valence-corrected chi connectivity index (χ0v) is 17.1. The van der Waals surface area contributed by atoms with Gasteiger partial charge in [-0.1, -0.05) is 0 Å². The van der Waals surface area contributed by atoms with E-state index in [1.807, 2.05) is 13.8 Å². The first-order chi connectivity index (χ1) is 13.7. The molecule has 10 heteroatoms. The summed E-state index contributed by atoms with van der Waals surface area (Å²) >= 11 is 1.39. The molecule has 0 radical (unpaired) electrons. The van der Waals surface area contributed by atoms with Gasteiger partial charge in [0.1, 0.15) is 4.83 Å². The summed E-state index contributed by atoms with van der Waals surface area (Å²) in [6, 6.07) is 3.84. The number of H-pyrrole nitrogens is 1. The van der Waals surface area contributed by atoms with E-state index in [1.54, 1.807) is 13.8 Å². The first-order valence-electron chi connectivity index (χ1n) is 8.85. The Bertz CT molecular complexity index is 1170. The predicted octanol–water partition coefficient (Wildman–Crippen LogP) is 3.83. The topological polar surface area (TPSA) is 124 Å². The normalized spacial score (nSPS) is 12.0. The van der Waals surface area contributed by atoms with Gasteiger partial charge < -0.3 is 14.5 Å². The van der Waals surface area contributed by atoms with Crippen molar-refractivity contribution < 1.29 is 19.2 Å². The third-order valence-electron chi connectivity index (χ3n) is 4.42. The minimum Gasteiger partial charge on any atom is -0.487 e. The molecule has 0 unspecified atom stereocenters. The van der Waals surface area contributed by atoms with E-state index in [0.717, 1.165) is 16.5 Å². The number of fused-ring (bicyclic) bond motifs is 1. The Morgan fingerprint density at radius 3 is 2.76 bits per heavy atom. The maximum absolute atomic E-state index is 12.5. The van der Waals surface area contributed by atoms with Crippen LogP contribution in [-0.4, -0.2) is 27.5 Å². The molecule has 0 saturated heterocycles. The highest BCUT2D eigenvalue weighted by Crippen LogP contribution is 2.30. The number of aryl methyl sites for hydroxylation is 2. The molecule has 2 heterocycles. The number of carbonyl (C=O) groups is 1. The van der Waals surface area contributed by atoms with Gasteiger partial charge in [0.15, 0.2) is 17.7 Å². The van der Waals surface area contributed by atoms with Crippen LogP contribution in [0, 0.1) is 24.0 Å². The summed E-state index contributed by atoms with van der Waals surface area (Å²) < 4.78 is 10.6. The van der Waals surface area contributed by atoms with Crippen molar-refractivity contribution in [1.82, 2.24) is 9.97 Å². The second kappa shape index (κ2) is 8.00. The number of nitrogens with zero attached hydrogens (tertiary/aromatic N) is 2. The highest BCUT2D eigenvalue weighted by molar-refractivity contribution is 7.18. The Balaban J connectivity index is 1.87. The molecule has 9 nitrogen and oxygen atoms in total. The lowest BCUT2D eigenvalue weighted by molar-refractivity contribution is -0.385. The molecule has 0 aliphatic heterocycles. The van der Waals surface area contributed by atoms with Gasteiger partial charge in [-0.05, 0) is 45.4 Å². The number of benzene rings is 1. The molecule has 1 atom stereocenters. The zero-order chi connectivity index (χ0) is 21.3. The van der Waals surface area contributed by atoms with Gasteiger partial charge in [-0.2, -0.15) is 0 Å². The van der Waals surface area contributed by atoms with Gasteiger partial charge in [-0.25, -0.2) is 9.78 Å². The van der Waals surface area contributed by atoms with Crippen molar-refractivity contribution in [2.75, 3.05) is 6.61 Å². The van der Waals surface area contributed by atoms with Crippen LogP contribution in [0.25, 0.3) is 10.2 Å². The van der Waals surface area contributed by atoms with Gasteiger partial charge in [0.05, 0.1) is 22.5 Å². The number of aromatic amines is 1. The monoisotopic (exact) mass is 417 g/mol. The highest BCUT2D eigenvalue weighted by atomic mass is 32.1. The van der Waals surface area contributed by atoms with E-state index in [0.29, 0.717) is 10.2 Å². The van der Waals surface area contributed by atoms with E-state index in [2.05, 4.69) is 9.97 Å². The van der Waals surface area contributed by atoms with Crippen molar-refractivity contribution in [3.05, 3.63) is 60.5 Å². The predicted molar refractivity (Wildman–Crippen MR) is 108 cm³/mol. The largest absolute Gasteiger partial charge is 0.487 e. The van der Waals surface area contributed by atoms with E-state index in [4.69, 9.17) is 9.47 Å². The maximum atomic E-state index is 12.5. The first kappa shape index (κ1) is 20.5. The number of nitro groups is 1. The third-order valence-corrected chi connectivity index (χ3v) is 5.52. The van der Waals surface area contributed by atoms with Gasteiger partial charge in [-0.15, -0.1) is 11.3 Å². The molecule has 3 rings (SSSR count). The molecule has 0 fully saturated rings. The number of hydrogen-bond acceptors (Lipinski definition) is 8. The Hall–Kier alpha value is -3.27. The molecule has 152 valence electrons. The fourth-order valence-electron chi connectivity index (χ4n) is 2.81. The molecule has 0 spiro atoms. The molecule has 0 bridgehead atoms. The van der Waals surface area contributed by atoms with Crippen molar-refractivity contribution >= 4 is 33.2 Å². The molecule has 29 heavy (non-hydrogen) atoms. The molecule has 0 amide bonds. The van der Waals surface area contributed by atoms with Crippen molar-refractivity contribution in [3.8, 4) is 5.75 Å². The molecular weight excluding hydrogens is 398 g/mol. The third kappa shape index (κ3) is 3.97. The number of rotatable bonds is 6. The lowest BCUT2D eigenvalue weighted by Crippen LogP contribution is -2.17. The van der Waals surface area contributed by atoms with Crippen molar-refractivity contribution in [2.45, 2.75) is 33.8 Å². The second-order valence-electron chi connectivity index (χ2n) is 6.33. The SMILES string of the molecule is CCOc1ccc(C(=O)O[C@@H](C)c2nc3sc(C)c(C)c3c(=O)[nH]2)cc1[N+](=O)[O-]. The van der Waals surface area contributed by atoms with E-state index < -0.39 is 17.0 Å². The molecule has 0 aliphatic rings. The lowest BCUT2D eigenvalue weighted by atomic mass is 10.2. The Morgan fingerprint density at radius 2 is 2.10 bits per heavy atom. The fraction of sp³-hybridized carbons (Fsp3) is 0.316. The number of nitrogens with one attached hydrogen (secondary N) is 1. The average molecular weight is 417 g/mol. The summed E-state index contributed by atoms with van der Waals surface area (Å²) in [5, 5.41) is 11.8. The summed E-state index contributed by atoms with van der Waals surface area (Å²) in [5.74, 6) is -0.496. The Labute approximate surface area is 169 Å². The van der Waals surface area contributed by atoms with Crippen molar-refractivity contribution in [2.24, 2.45) is 0 Å². The number of ether oxygens (including phenoxy) is 2. The number of aromatic nitrogens is 2. The number of nitro benzene ring substituents is 1. The van der Waals surface area contributed by atoms with E-state index >= 15 is 0 Å². The minimum absolute atomic E-state index is 0.00163. The maximum Gasteiger partial charge on any atom is 0.339 e. The molecule has 3 aromatic rings. The van der Waals surface area contributed by atoms with Gasteiger partial charge in [-0.3, -0.25) is 14.9 Å². The minimum atomic E-state index is -0.854. The summed E-state index contributed by atoms with van der Waals surface area (Å²) in [6.07, 6.45) is -0.854. The second-order valence-corrected chi connectivity index (χ2v) is 7.54. The molecule has 1 N–H and O–H groups in total. The van der Waals surface area contributed by atoms with E-state index in [1.165, 1.54) is 23.5 Å².